The molecule has 1 aliphatic rings. The van der Waals surface area contributed by atoms with E-state index in [1.54, 1.807) is 6.92 Å². The molecule has 0 saturated heterocycles. The molecule has 0 spiro atoms. The minimum atomic E-state index is -3.19. The minimum Gasteiger partial charge on any atom is -0.481 e. The number of aliphatic carboxylic acids is 1. The Morgan fingerprint density at radius 2 is 1.73 bits per heavy atom. The van der Waals surface area contributed by atoms with Gasteiger partial charge in [-0.3, -0.25) is 9.59 Å². The molecular formula is C14H26N2O5S. The van der Waals surface area contributed by atoms with Crippen LogP contribution in [0.1, 0.15) is 39.0 Å². The van der Waals surface area contributed by atoms with Crippen LogP contribution in [0.2, 0.25) is 0 Å². The lowest BCUT2D eigenvalue weighted by atomic mass is 9.81. The van der Waals surface area contributed by atoms with Crippen LogP contribution in [0.15, 0.2) is 0 Å². The molecule has 1 saturated carbocycles. The fraction of sp³-hybridized carbons (Fsp3) is 0.857. The molecule has 2 N–H and O–H groups in total. The summed E-state index contributed by atoms with van der Waals surface area (Å²) < 4.78 is 24.2. The summed E-state index contributed by atoms with van der Waals surface area (Å²) in [4.78, 5) is 22.9. The Balaban J connectivity index is 2.26. The van der Waals surface area contributed by atoms with Gasteiger partial charge in [0.1, 0.15) is 0 Å². The average molecular weight is 334 g/mol. The van der Waals surface area contributed by atoms with Crippen molar-refractivity contribution in [3.63, 3.8) is 0 Å². The molecular weight excluding hydrogens is 308 g/mol. The molecule has 0 atom stereocenters. The Morgan fingerprint density at radius 3 is 2.18 bits per heavy atom. The number of carboxylic acid groups (broad SMARTS) is 1. The Morgan fingerprint density at radius 1 is 1.18 bits per heavy atom. The first-order valence-electron chi connectivity index (χ1n) is 7.71. The fourth-order valence-corrected chi connectivity index (χ4v) is 3.70. The van der Waals surface area contributed by atoms with Crippen molar-refractivity contribution < 1.29 is 23.1 Å². The standard InChI is InChI=1S/C14H26N2O5S/c1-3-16(22(2,20)21)10-4-9-15-13(17)11-5-7-12(8-6-11)14(18)19/h11-12H,3-10H2,1-2H3,(H,15,17)(H,18,19). The number of amides is 1. The van der Waals surface area contributed by atoms with Crippen LogP contribution in [0, 0.1) is 11.8 Å². The van der Waals surface area contributed by atoms with Crippen molar-refractivity contribution >= 4 is 21.9 Å². The smallest absolute Gasteiger partial charge is 0.306 e. The van der Waals surface area contributed by atoms with Gasteiger partial charge < -0.3 is 10.4 Å². The van der Waals surface area contributed by atoms with Gasteiger partial charge in [-0.15, -0.1) is 0 Å². The Hall–Kier alpha value is -1.15. The zero-order valence-electron chi connectivity index (χ0n) is 13.2. The van der Waals surface area contributed by atoms with Gasteiger partial charge in [-0.05, 0) is 32.1 Å². The second kappa shape index (κ2) is 8.47. The number of carboxylic acids is 1. The Labute approximate surface area is 132 Å². The van der Waals surface area contributed by atoms with Crippen molar-refractivity contribution in [2.45, 2.75) is 39.0 Å². The SMILES string of the molecule is CCN(CCCNC(=O)C1CCC(C(=O)O)CC1)S(C)(=O)=O. The molecule has 1 fully saturated rings. The van der Waals surface area contributed by atoms with Gasteiger partial charge >= 0.3 is 5.97 Å². The van der Waals surface area contributed by atoms with Gasteiger partial charge in [0.25, 0.3) is 0 Å². The molecule has 0 bridgehead atoms. The molecule has 1 amide bonds. The number of rotatable bonds is 8. The van der Waals surface area contributed by atoms with E-state index < -0.39 is 16.0 Å². The fourth-order valence-electron chi connectivity index (χ4n) is 2.77. The average Bonchev–Trinajstić information content (AvgIpc) is 2.45. The van der Waals surface area contributed by atoms with Crippen molar-refractivity contribution in [1.29, 1.82) is 0 Å². The van der Waals surface area contributed by atoms with Crippen LogP contribution in [0.4, 0.5) is 0 Å². The molecule has 7 nitrogen and oxygen atoms in total. The van der Waals surface area contributed by atoms with Crippen molar-refractivity contribution in [1.82, 2.24) is 9.62 Å². The van der Waals surface area contributed by atoms with Gasteiger partial charge in [-0.2, -0.15) is 0 Å². The van der Waals surface area contributed by atoms with Gasteiger partial charge in [0.15, 0.2) is 0 Å². The Bertz CT molecular complexity index is 483. The van der Waals surface area contributed by atoms with Crippen LogP contribution in [-0.2, 0) is 19.6 Å². The highest BCUT2D eigenvalue weighted by molar-refractivity contribution is 7.88. The largest absolute Gasteiger partial charge is 0.481 e. The summed E-state index contributed by atoms with van der Waals surface area (Å²) >= 11 is 0. The molecule has 0 aromatic rings. The Kier molecular flexibility index (Phi) is 7.28. The van der Waals surface area contributed by atoms with Crippen LogP contribution in [0.25, 0.3) is 0 Å². The molecule has 0 aliphatic heterocycles. The quantitative estimate of drug-likeness (QED) is 0.635. The summed E-state index contributed by atoms with van der Waals surface area (Å²) in [7, 11) is -3.19. The predicted molar refractivity (Wildman–Crippen MR) is 82.8 cm³/mol. The molecule has 0 unspecified atom stereocenters. The molecule has 8 heteroatoms. The summed E-state index contributed by atoms with van der Waals surface area (Å²) in [6.45, 7) is 3.03. The van der Waals surface area contributed by atoms with Gasteiger partial charge in [0.05, 0.1) is 12.2 Å². The number of nitrogens with one attached hydrogen (secondary N) is 1. The van der Waals surface area contributed by atoms with Crippen LogP contribution < -0.4 is 5.32 Å². The third-order valence-electron chi connectivity index (χ3n) is 4.15. The number of carbonyl (C=O) groups excluding carboxylic acids is 1. The highest BCUT2D eigenvalue weighted by Crippen LogP contribution is 2.28. The van der Waals surface area contributed by atoms with E-state index in [4.69, 9.17) is 5.11 Å². The maximum atomic E-state index is 12.0. The highest BCUT2D eigenvalue weighted by atomic mass is 32.2. The van der Waals surface area contributed by atoms with E-state index in [1.165, 1.54) is 10.6 Å². The lowest BCUT2D eigenvalue weighted by Gasteiger charge is -2.25. The first-order chi connectivity index (χ1) is 10.3. The summed E-state index contributed by atoms with van der Waals surface area (Å²) in [5.74, 6) is -1.27. The van der Waals surface area contributed by atoms with Crippen molar-refractivity contribution in [2.24, 2.45) is 11.8 Å². The van der Waals surface area contributed by atoms with Crippen molar-refractivity contribution in [3.05, 3.63) is 0 Å². The van der Waals surface area contributed by atoms with E-state index >= 15 is 0 Å². The zero-order chi connectivity index (χ0) is 16.8. The second-order valence-corrected chi connectivity index (χ2v) is 7.77. The van der Waals surface area contributed by atoms with Gasteiger partial charge in [-0.25, -0.2) is 12.7 Å². The zero-order valence-corrected chi connectivity index (χ0v) is 14.1. The molecule has 0 aromatic heterocycles. The number of hydrogen-bond donors (Lipinski definition) is 2. The topological polar surface area (TPSA) is 104 Å². The lowest BCUT2D eigenvalue weighted by molar-refractivity contribution is -0.144. The van der Waals surface area contributed by atoms with Gasteiger partial charge in [0.2, 0.25) is 15.9 Å². The molecule has 1 aliphatic carbocycles. The molecule has 128 valence electrons. The number of carbonyl (C=O) groups is 2. The number of hydrogen-bond acceptors (Lipinski definition) is 4. The number of nitrogens with zero attached hydrogens (tertiary/aromatic N) is 1. The van der Waals surface area contributed by atoms with E-state index in [2.05, 4.69) is 5.32 Å². The minimum absolute atomic E-state index is 0.0498. The summed E-state index contributed by atoms with van der Waals surface area (Å²) in [6.07, 6.45) is 4.05. The van der Waals surface area contributed by atoms with E-state index in [9.17, 15) is 18.0 Å². The monoisotopic (exact) mass is 334 g/mol. The van der Waals surface area contributed by atoms with E-state index in [0.29, 0.717) is 51.7 Å². The maximum absolute atomic E-state index is 12.0. The van der Waals surface area contributed by atoms with Crippen LogP contribution in [0.3, 0.4) is 0 Å². The molecule has 22 heavy (non-hydrogen) atoms. The highest BCUT2D eigenvalue weighted by Gasteiger charge is 2.29. The molecule has 0 radical (unpaired) electrons. The predicted octanol–water partition coefficient (Wildman–Crippen LogP) is 0.665. The van der Waals surface area contributed by atoms with E-state index in [1.807, 2.05) is 0 Å². The van der Waals surface area contributed by atoms with Crippen LogP contribution in [-0.4, -0.2) is 55.6 Å². The van der Waals surface area contributed by atoms with Gasteiger partial charge in [0, 0.05) is 25.6 Å². The maximum Gasteiger partial charge on any atom is 0.306 e. The second-order valence-electron chi connectivity index (χ2n) is 5.79. The third-order valence-corrected chi connectivity index (χ3v) is 5.53. The van der Waals surface area contributed by atoms with E-state index in [0.717, 1.165) is 0 Å². The van der Waals surface area contributed by atoms with Crippen LogP contribution in [0.5, 0.6) is 0 Å². The first kappa shape index (κ1) is 18.9. The summed E-state index contributed by atoms with van der Waals surface area (Å²) in [5, 5.41) is 11.7. The molecule has 0 aromatic carbocycles. The van der Waals surface area contributed by atoms with Crippen molar-refractivity contribution in [2.75, 3.05) is 25.9 Å². The van der Waals surface area contributed by atoms with Gasteiger partial charge in [-0.1, -0.05) is 6.92 Å². The van der Waals surface area contributed by atoms with Crippen molar-refractivity contribution in [3.8, 4) is 0 Å². The normalized spacial score (nSPS) is 22.5. The first-order valence-corrected chi connectivity index (χ1v) is 9.56. The molecule has 1 rings (SSSR count). The lowest BCUT2D eigenvalue weighted by Crippen LogP contribution is -2.37. The van der Waals surface area contributed by atoms with Crippen LogP contribution >= 0.6 is 0 Å². The molecule has 0 heterocycles. The summed E-state index contributed by atoms with van der Waals surface area (Å²) in [6, 6.07) is 0. The third kappa shape index (κ3) is 5.92. The number of sulfonamides is 1. The summed E-state index contributed by atoms with van der Waals surface area (Å²) in [5.41, 5.74) is 0. The van der Waals surface area contributed by atoms with E-state index in [-0.39, 0.29) is 17.7 Å².